The van der Waals surface area contributed by atoms with Crippen LogP contribution in [-0.2, 0) is 32.1 Å². The van der Waals surface area contributed by atoms with Gasteiger partial charge in [0, 0.05) is 5.57 Å². The first-order valence-electron chi connectivity index (χ1n) is 11.8. The molecule has 2 aromatic rings. The molecule has 2 aliphatic carbocycles. The number of hydrogen-bond donors (Lipinski definition) is 1. The van der Waals surface area contributed by atoms with Crippen molar-refractivity contribution in [1.29, 1.82) is 0 Å². The van der Waals surface area contributed by atoms with Crippen molar-refractivity contribution in [3.8, 4) is 29.4 Å². The molecule has 2 aromatic carbocycles. The van der Waals surface area contributed by atoms with Gasteiger partial charge < -0.3 is 19.3 Å². The molecule has 4 rings (SSSR count). The maximum Gasteiger partial charge on any atom is 0.315 e. The van der Waals surface area contributed by atoms with Crippen LogP contribution in [0.2, 0.25) is 0 Å². The van der Waals surface area contributed by atoms with Crippen molar-refractivity contribution >= 4 is 11.8 Å². The Kier molecular flexibility index (Phi) is 8.80. The first-order valence-corrected chi connectivity index (χ1v) is 11.8. The fourth-order valence-electron chi connectivity index (χ4n) is 3.89. The van der Waals surface area contributed by atoms with E-state index >= 15 is 0 Å². The molecule has 206 valence electrons. The summed E-state index contributed by atoms with van der Waals surface area (Å²) in [5, 5.41) is 10.2. The minimum absolute atomic E-state index is 0.0314. The van der Waals surface area contributed by atoms with Gasteiger partial charge in [-0.05, 0) is 36.1 Å². The summed E-state index contributed by atoms with van der Waals surface area (Å²) < 4.78 is 82.9. The lowest BCUT2D eigenvalue weighted by Gasteiger charge is -2.31. The van der Waals surface area contributed by atoms with Gasteiger partial charge in [-0.3, -0.25) is 9.59 Å². The first-order chi connectivity index (χ1) is 19.1. The molecule has 1 N–H and O–H groups in total. The van der Waals surface area contributed by atoms with E-state index in [1.165, 1.54) is 24.3 Å². The molecule has 0 saturated carbocycles. The quantitative estimate of drug-likeness (QED) is 0.0772. The van der Waals surface area contributed by atoms with Crippen molar-refractivity contribution in [3.05, 3.63) is 88.3 Å². The number of fused-ring (bicyclic) bond motifs is 2. The Labute approximate surface area is 225 Å². The van der Waals surface area contributed by atoms with E-state index in [4.69, 9.17) is 9.47 Å². The zero-order valence-electron chi connectivity index (χ0n) is 20.5. The number of rotatable bonds is 8. The highest BCUT2D eigenvalue weighted by Gasteiger charge is 2.43. The van der Waals surface area contributed by atoms with Crippen LogP contribution in [0.25, 0.3) is 0 Å². The number of ketones is 1. The SMILES string of the molecule is O=C(Cc1ccc(COCOC23C#CC=CC#CC(O)C(=CCC2)C3=O)cc1)Oc1c(F)c(F)c(F)c(F)c1F. The molecule has 2 atom stereocenters. The second-order valence-corrected chi connectivity index (χ2v) is 8.63. The Balaban J connectivity index is 1.32. The standard InChI is InChI=1S/C29H19F5O6/c30-22-23(31)25(33)27(26(34)24(22)32)40-21(36)14-17-8-10-18(11-9-17)15-38-16-39-29-12-4-2-1-3-7-20(35)19(28(29)37)6-5-13-29/h1-2,6,8-11,20,35H,5,13-16H2. The van der Waals surface area contributed by atoms with Crippen LogP contribution in [0, 0.1) is 52.8 Å². The van der Waals surface area contributed by atoms with Crippen LogP contribution in [0.4, 0.5) is 22.0 Å². The number of benzene rings is 2. The van der Waals surface area contributed by atoms with Gasteiger partial charge in [-0.1, -0.05) is 54.0 Å². The molecule has 0 heterocycles. The van der Waals surface area contributed by atoms with E-state index in [1.54, 1.807) is 18.2 Å². The fraction of sp³-hybridized carbons (Fsp3) is 0.241. The minimum Gasteiger partial charge on any atom is -0.420 e. The molecule has 2 unspecified atom stereocenters. The van der Waals surface area contributed by atoms with Crippen LogP contribution in [-0.4, -0.2) is 35.4 Å². The van der Waals surface area contributed by atoms with Gasteiger partial charge in [0.1, 0.15) is 12.9 Å². The molecule has 0 aromatic heterocycles. The van der Waals surface area contributed by atoms with Gasteiger partial charge in [0.25, 0.3) is 0 Å². The van der Waals surface area contributed by atoms with Gasteiger partial charge >= 0.3 is 5.97 Å². The maximum atomic E-state index is 13.7. The van der Waals surface area contributed by atoms with Crippen molar-refractivity contribution in [2.24, 2.45) is 0 Å². The zero-order chi connectivity index (χ0) is 28.9. The number of aliphatic hydroxyl groups excluding tert-OH is 1. The highest BCUT2D eigenvalue weighted by Crippen LogP contribution is 2.31. The van der Waals surface area contributed by atoms with E-state index in [-0.39, 0.29) is 25.4 Å². The predicted molar refractivity (Wildman–Crippen MR) is 129 cm³/mol. The number of ether oxygens (including phenoxy) is 3. The molecular formula is C29H19F5O6. The number of carbonyl (C=O) groups excluding carboxylic acids is 2. The summed E-state index contributed by atoms with van der Waals surface area (Å²) >= 11 is 0. The molecule has 0 saturated heterocycles. The number of esters is 1. The van der Waals surface area contributed by atoms with Gasteiger partial charge in [-0.2, -0.15) is 8.78 Å². The Morgan fingerprint density at radius 1 is 0.950 bits per heavy atom. The lowest BCUT2D eigenvalue weighted by Crippen LogP contribution is -2.45. The van der Waals surface area contributed by atoms with Gasteiger partial charge in [0.05, 0.1) is 13.0 Å². The monoisotopic (exact) mass is 558 g/mol. The fourth-order valence-corrected chi connectivity index (χ4v) is 3.89. The van der Waals surface area contributed by atoms with Gasteiger partial charge in [0.15, 0.2) is 5.60 Å². The molecule has 0 fully saturated rings. The normalized spacial score (nSPS) is 19.6. The van der Waals surface area contributed by atoms with Crippen LogP contribution in [0.15, 0.2) is 48.1 Å². The third kappa shape index (κ3) is 6.13. The second-order valence-electron chi connectivity index (χ2n) is 8.63. The molecule has 40 heavy (non-hydrogen) atoms. The topological polar surface area (TPSA) is 82.1 Å². The molecule has 6 nitrogen and oxygen atoms in total. The third-order valence-corrected chi connectivity index (χ3v) is 5.94. The Hall–Kier alpha value is -4.29. The number of carbonyl (C=O) groups is 2. The van der Waals surface area contributed by atoms with Crippen molar-refractivity contribution < 1.29 is 50.9 Å². The average Bonchev–Trinajstić information content (AvgIpc) is 2.94. The first kappa shape index (κ1) is 28.7. The summed E-state index contributed by atoms with van der Waals surface area (Å²) in [7, 11) is 0. The van der Waals surface area contributed by atoms with Crippen molar-refractivity contribution in [2.75, 3.05) is 6.79 Å². The van der Waals surface area contributed by atoms with E-state index < -0.39 is 64.7 Å². The van der Waals surface area contributed by atoms with E-state index in [0.29, 0.717) is 17.5 Å². The Bertz CT molecular complexity index is 1500. The highest BCUT2D eigenvalue weighted by molar-refractivity contribution is 6.06. The van der Waals surface area contributed by atoms with Crippen LogP contribution >= 0.6 is 0 Å². The summed E-state index contributed by atoms with van der Waals surface area (Å²) in [6, 6.07) is 6.08. The minimum atomic E-state index is -2.36. The molecule has 11 heteroatoms. The third-order valence-electron chi connectivity index (χ3n) is 5.94. The van der Waals surface area contributed by atoms with E-state index in [2.05, 4.69) is 28.4 Å². The summed E-state index contributed by atoms with van der Waals surface area (Å²) in [6.07, 6.45) is 3.42. The molecule has 2 bridgehead atoms. The summed E-state index contributed by atoms with van der Waals surface area (Å²) in [4.78, 5) is 25.1. The predicted octanol–water partition coefficient (Wildman–Crippen LogP) is 3.99. The highest BCUT2D eigenvalue weighted by atomic mass is 19.2. The summed E-state index contributed by atoms with van der Waals surface area (Å²) in [5.41, 5.74) is -0.447. The Morgan fingerprint density at radius 3 is 2.27 bits per heavy atom. The second kappa shape index (κ2) is 12.3. The van der Waals surface area contributed by atoms with Crippen molar-refractivity contribution in [2.45, 2.75) is 37.6 Å². The largest absolute Gasteiger partial charge is 0.420 e. The summed E-state index contributed by atoms with van der Waals surface area (Å²) in [5.74, 6) is -4.04. The molecular weight excluding hydrogens is 539 g/mol. The van der Waals surface area contributed by atoms with Crippen LogP contribution in [0.5, 0.6) is 5.75 Å². The summed E-state index contributed by atoms with van der Waals surface area (Å²) in [6.45, 7) is -0.279. The van der Waals surface area contributed by atoms with E-state index in [1.807, 2.05) is 0 Å². The zero-order valence-corrected chi connectivity index (χ0v) is 20.5. The van der Waals surface area contributed by atoms with Crippen LogP contribution in [0.1, 0.15) is 24.0 Å². The van der Waals surface area contributed by atoms with Crippen molar-refractivity contribution in [1.82, 2.24) is 0 Å². The molecule has 0 aliphatic heterocycles. The van der Waals surface area contributed by atoms with Crippen molar-refractivity contribution in [3.63, 3.8) is 0 Å². The number of hydrogen-bond acceptors (Lipinski definition) is 6. The molecule has 2 aliphatic rings. The lowest BCUT2D eigenvalue weighted by molar-refractivity contribution is -0.156. The number of aliphatic hydroxyl groups is 1. The maximum absolute atomic E-state index is 13.7. The molecule has 0 radical (unpaired) electrons. The lowest BCUT2D eigenvalue weighted by atomic mass is 9.81. The van der Waals surface area contributed by atoms with E-state index in [0.717, 1.165) is 0 Å². The van der Waals surface area contributed by atoms with E-state index in [9.17, 15) is 36.6 Å². The van der Waals surface area contributed by atoms with Crippen LogP contribution in [0.3, 0.4) is 0 Å². The van der Waals surface area contributed by atoms with Crippen LogP contribution < -0.4 is 4.74 Å². The number of allylic oxidation sites excluding steroid dienone is 3. The molecule has 0 spiro atoms. The van der Waals surface area contributed by atoms with Gasteiger partial charge in [-0.15, -0.1) is 0 Å². The average molecular weight is 558 g/mol. The Morgan fingerprint density at radius 2 is 1.57 bits per heavy atom. The molecule has 0 amide bonds. The smallest absolute Gasteiger partial charge is 0.315 e. The van der Waals surface area contributed by atoms with Gasteiger partial charge in [-0.25, -0.2) is 13.2 Å². The number of Topliss-reactive ketones (excluding diaryl/α,β-unsaturated/α-hetero) is 1. The number of halogens is 5. The van der Waals surface area contributed by atoms with Gasteiger partial charge in [0.2, 0.25) is 40.6 Å².